The van der Waals surface area contributed by atoms with Gasteiger partial charge in [-0.15, -0.1) is 0 Å². The zero-order chi connectivity index (χ0) is 14.0. The number of nitrogens with zero attached hydrogens (tertiary/aromatic N) is 2. The number of hydrogen-bond donors (Lipinski definition) is 1. The lowest BCUT2D eigenvalue weighted by Crippen LogP contribution is -2.54. The standard InChI is InChI=1S/C13H22N2O4/c1-9-3-4-11(19-9)12(16)15-7-5-14(6-8-15)10(2)13(17)18/h9-11H,3-8H2,1-2H3,(H,17,18). The van der Waals surface area contributed by atoms with E-state index in [1.807, 2.05) is 11.8 Å². The predicted octanol–water partition coefficient (Wildman–Crippen LogP) is 0.171. The molecule has 0 aliphatic carbocycles. The molecule has 0 spiro atoms. The minimum Gasteiger partial charge on any atom is -0.480 e. The Hall–Kier alpha value is -1.14. The summed E-state index contributed by atoms with van der Waals surface area (Å²) in [5.41, 5.74) is 0. The lowest BCUT2D eigenvalue weighted by molar-refractivity contribution is -0.147. The molecule has 1 amide bonds. The molecule has 19 heavy (non-hydrogen) atoms. The number of ether oxygens (including phenoxy) is 1. The van der Waals surface area contributed by atoms with Crippen LogP contribution in [0.3, 0.4) is 0 Å². The van der Waals surface area contributed by atoms with Gasteiger partial charge in [0.25, 0.3) is 5.91 Å². The number of piperazine rings is 1. The summed E-state index contributed by atoms with van der Waals surface area (Å²) < 4.78 is 5.59. The van der Waals surface area contributed by atoms with E-state index in [1.54, 1.807) is 11.8 Å². The highest BCUT2D eigenvalue weighted by Gasteiger charge is 2.34. The number of rotatable bonds is 3. The second kappa shape index (κ2) is 5.88. The van der Waals surface area contributed by atoms with Crippen molar-refractivity contribution >= 4 is 11.9 Å². The van der Waals surface area contributed by atoms with Crippen molar-refractivity contribution in [3.05, 3.63) is 0 Å². The Morgan fingerprint density at radius 1 is 1.21 bits per heavy atom. The molecule has 2 aliphatic heterocycles. The summed E-state index contributed by atoms with van der Waals surface area (Å²) in [5, 5.41) is 8.97. The van der Waals surface area contributed by atoms with E-state index in [4.69, 9.17) is 9.84 Å². The number of carbonyl (C=O) groups excluding carboxylic acids is 1. The molecule has 0 aromatic carbocycles. The van der Waals surface area contributed by atoms with Crippen molar-refractivity contribution in [1.29, 1.82) is 0 Å². The molecule has 6 nitrogen and oxygen atoms in total. The molecular weight excluding hydrogens is 248 g/mol. The van der Waals surface area contributed by atoms with Crippen LogP contribution < -0.4 is 0 Å². The molecule has 0 aromatic heterocycles. The molecule has 3 unspecified atom stereocenters. The van der Waals surface area contributed by atoms with E-state index in [-0.39, 0.29) is 18.1 Å². The van der Waals surface area contributed by atoms with Crippen LogP contribution in [0.25, 0.3) is 0 Å². The SMILES string of the molecule is CC1CCC(C(=O)N2CCN(C(C)C(=O)O)CC2)O1. The summed E-state index contributed by atoms with van der Waals surface area (Å²) in [6, 6.07) is -0.486. The van der Waals surface area contributed by atoms with Crippen molar-refractivity contribution in [3.8, 4) is 0 Å². The second-order valence-corrected chi connectivity index (χ2v) is 5.39. The first-order valence-corrected chi connectivity index (χ1v) is 6.90. The van der Waals surface area contributed by atoms with Crippen LogP contribution in [0.2, 0.25) is 0 Å². The first-order chi connectivity index (χ1) is 8.99. The van der Waals surface area contributed by atoms with Crippen molar-refractivity contribution in [3.63, 3.8) is 0 Å². The molecule has 2 aliphatic rings. The smallest absolute Gasteiger partial charge is 0.320 e. The largest absolute Gasteiger partial charge is 0.480 e. The van der Waals surface area contributed by atoms with Gasteiger partial charge in [0.15, 0.2) is 0 Å². The first-order valence-electron chi connectivity index (χ1n) is 6.90. The fraction of sp³-hybridized carbons (Fsp3) is 0.846. The number of hydrogen-bond acceptors (Lipinski definition) is 4. The number of carboxylic acid groups (broad SMARTS) is 1. The zero-order valence-electron chi connectivity index (χ0n) is 11.5. The molecule has 2 rings (SSSR count). The Morgan fingerprint density at radius 2 is 1.84 bits per heavy atom. The minimum atomic E-state index is -0.812. The molecule has 108 valence electrons. The number of amides is 1. The normalized spacial score (nSPS) is 30.3. The van der Waals surface area contributed by atoms with Crippen molar-refractivity contribution in [1.82, 2.24) is 9.80 Å². The summed E-state index contributed by atoms with van der Waals surface area (Å²) >= 11 is 0. The van der Waals surface area contributed by atoms with Gasteiger partial charge in [-0.25, -0.2) is 0 Å². The molecule has 2 heterocycles. The first kappa shape index (κ1) is 14.3. The topological polar surface area (TPSA) is 70.1 Å². The van der Waals surface area contributed by atoms with E-state index >= 15 is 0 Å². The minimum absolute atomic E-state index is 0.0620. The van der Waals surface area contributed by atoms with Gasteiger partial charge < -0.3 is 14.7 Å². The van der Waals surface area contributed by atoms with Gasteiger partial charge in [0, 0.05) is 26.2 Å². The highest BCUT2D eigenvalue weighted by Crippen LogP contribution is 2.21. The highest BCUT2D eigenvalue weighted by molar-refractivity contribution is 5.81. The Morgan fingerprint density at radius 3 is 2.32 bits per heavy atom. The third-order valence-electron chi connectivity index (χ3n) is 4.04. The second-order valence-electron chi connectivity index (χ2n) is 5.39. The molecule has 0 saturated carbocycles. The van der Waals surface area contributed by atoms with Gasteiger partial charge in [-0.1, -0.05) is 0 Å². The molecular formula is C13H22N2O4. The van der Waals surface area contributed by atoms with Crippen LogP contribution in [-0.4, -0.2) is 71.2 Å². The van der Waals surface area contributed by atoms with Crippen LogP contribution in [0.15, 0.2) is 0 Å². The van der Waals surface area contributed by atoms with Gasteiger partial charge in [-0.2, -0.15) is 0 Å². The number of carbonyl (C=O) groups is 2. The third-order valence-corrected chi connectivity index (χ3v) is 4.04. The predicted molar refractivity (Wildman–Crippen MR) is 68.8 cm³/mol. The van der Waals surface area contributed by atoms with E-state index < -0.39 is 12.0 Å². The van der Waals surface area contributed by atoms with E-state index in [0.29, 0.717) is 26.2 Å². The summed E-state index contributed by atoms with van der Waals surface area (Å²) in [4.78, 5) is 26.8. The molecule has 0 aromatic rings. The Labute approximate surface area is 113 Å². The van der Waals surface area contributed by atoms with Crippen LogP contribution in [0, 0.1) is 0 Å². The Balaban J connectivity index is 1.83. The van der Waals surface area contributed by atoms with Crippen LogP contribution in [0.5, 0.6) is 0 Å². The lowest BCUT2D eigenvalue weighted by Gasteiger charge is -2.37. The van der Waals surface area contributed by atoms with Crippen LogP contribution >= 0.6 is 0 Å². The Kier molecular flexibility index (Phi) is 4.42. The fourth-order valence-electron chi connectivity index (χ4n) is 2.67. The maximum Gasteiger partial charge on any atom is 0.320 e. The molecule has 6 heteroatoms. The quantitative estimate of drug-likeness (QED) is 0.791. The summed E-state index contributed by atoms with van der Waals surface area (Å²) in [7, 11) is 0. The van der Waals surface area contributed by atoms with Crippen LogP contribution in [-0.2, 0) is 14.3 Å². The maximum atomic E-state index is 12.2. The van der Waals surface area contributed by atoms with Crippen molar-refractivity contribution in [2.75, 3.05) is 26.2 Å². The van der Waals surface area contributed by atoms with E-state index in [0.717, 1.165) is 12.8 Å². The molecule has 1 N–H and O–H groups in total. The van der Waals surface area contributed by atoms with Gasteiger partial charge in [-0.05, 0) is 26.7 Å². The summed E-state index contributed by atoms with van der Waals surface area (Å²) in [6.45, 7) is 6.07. The van der Waals surface area contributed by atoms with Crippen molar-refractivity contribution in [2.45, 2.75) is 44.9 Å². The van der Waals surface area contributed by atoms with Crippen LogP contribution in [0.1, 0.15) is 26.7 Å². The molecule has 2 fully saturated rings. The van der Waals surface area contributed by atoms with E-state index in [1.165, 1.54) is 0 Å². The van der Waals surface area contributed by atoms with Gasteiger partial charge in [0.1, 0.15) is 12.1 Å². The zero-order valence-corrected chi connectivity index (χ0v) is 11.5. The van der Waals surface area contributed by atoms with Gasteiger partial charge in [-0.3, -0.25) is 14.5 Å². The highest BCUT2D eigenvalue weighted by atomic mass is 16.5. The van der Waals surface area contributed by atoms with Crippen LogP contribution in [0.4, 0.5) is 0 Å². The van der Waals surface area contributed by atoms with Crippen molar-refractivity contribution in [2.24, 2.45) is 0 Å². The average molecular weight is 270 g/mol. The fourth-order valence-corrected chi connectivity index (χ4v) is 2.67. The van der Waals surface area contributed by atoms with Gasteiger partial charge >= 0.3 is 5.97 Å². The lowest BCUT2D eigenvalue weighted by atomic mass is 10.1. The maximum absolute atomic E-state index is 12.2. The van der Waals surface area contributed by atoms with E-state index in [2.05, 4.69) is 0 Å². The third kappa shape index (κ3) is 3.25. The molecule has 3 atom stereocenters. The molecule has 2 saturated heterocycles. The number of carboxylic acids is 1. The number of aliphatic carboxylic acids is 1. The Bertz CT molecular complexity index is 353. The van der Waals surface area contributed by atoms with Crippen molar-refractivity contribution < 1.29 is 19.4 Å². The summed E-state index contributed by atoms with van der Waals surface area (Å²) in [6.07, 6.45) is 1.61. The van der Waals surface area contributed by atoms with Gasteiger partial charge in [0.2, 0.25) is 0 Å². The molecule has 0 bridgehead atoms. The monoisotopic (exact) mass is 270 g/mol. The molecule has 0 radical (unpaired) electrons. The summed E-state index contributed by atoms with van der Waals surface area (Å²) in [5.74, 6) is -0.750. The average Bonchev–Trinajstić information content (AvgIpc) is 2.84. The van der Waals surface area contributed by atoms with Gasteiger partial charge in [0.05, 0.1) is 6.10 Å². The van der Waals surface area contributed by atoms with E-state index in [9.17, 15) is 9.59 Å².